The van der Waals surface area contributed by atoms with Crippen LogP contribution in [0.2, 0.25) is 0 Å². The highest BCUT2D eigenvalue weighted by Gasteiger charge is 2.30. The molecule has 0 saturated heterocycles. The standard InChI is InChI=1S/C14H11F4NO/c1-20-12-7-9(6-11(15)13(12)19)8-2-4-10(5-3-8)14(16,17)18/h2-7H,19H2,1H3. The van der Waals surface area contributed by atoms with Crippen LogP contribution in [0.25, 0.3) is 11.1 Å². The van der Waals surface area contributed by atoms with Crippen molar-refractivity contribution < 1.29 is 22.3 Å². The summed E-state index contributed by atoms with van der Waals surface area (Å²) in [6, 6.07) is 7.05. The normalized spacial score (nSPS) is 11.4. The topological polar surface area (TPSA) is 35.2 Å². The quantitative estimate of drug-likeness (QED) is 0.666. The third kappa shape index (κ3) is 2.68. The van der Waals surface area contributed by atoms with Gasteiger partial charge in [0.1, 0.15) is 11.4 Å². The fraction of sp³-hybridized carbons (Fsp3) is 0.143. The first kappa shape index (κ1) is 14.2. The van der Waals surface area contributed by atoms with Crippen LogP contribution in [0.5, 0.6) is 5.75 Å². The predicted molar refractivity (Wildman–Crippen MR) is 67.8 cm³/mol. The molecule has 0 aliphatic rings. The molecule has 0 spiro atoms. The zero-order valence-electron chi connectivity index (χ0n) is 10.5. The van der Waals surface area contributed by atoms with E-state index in [2.05, 4.69) is 0 Å². The van der Waals surface area contributed by atoms with E-state index in [1.807, 2.05) is 0 Å². The summed E-state index contributed by atoms with van der Waals surface area (Å²) in [7, 11) is 1.33. The van der Waals surface area contributed by atoms with Crippen molar-refractivity contribution in [2.45, 2.75) is 6.18 Å². The Morgan fingerprint density at radius 2 is 1.60 bits per heavy atom. The van der Waals surface area contributed by atoms with E-state index in [0.29, 0.717) is 11.1 Å². The number of nitrogens with two attached hydrogens (primary N) is 1. The van der Waals surface area contributed by atoms with Gasteiger partial charge in [0, 0.05) is 0 Å². The number of alkyl halides is 3. The molecule has 0 amide bonds. The minimum atomic E-state index is -4.40. The Morgan fingerprint density at radius 3 is 2.10 bits per heavy atom. The number of halogens is 4. The number of hydrogen-bond donors (Lipinski definition) is 1. The summed E-state index contributed by atoms with van der Waals surface area (Å²) in [5.41, 5.74) is 5.41. The van der Waals surface area contributed by atoms with Crippen molar-refractivity contribution in [2.24, 2.45) is 0 Å². The lowest BCUT2D eigenvalue weighted by molar-refractivity contribution is -0.137. The molecule has 2 aromatic rings. The van der Waals surface area contributed by atoms with Crippen LogP contribution in [0, 0.1) is 5.82 Å². The summed E-state index contributed by atoms with van der Waals surface area (Å²) in [6.07, 6.45) is -4.40. The van der Waals surface area contributed by atoms with Gasteiger partial charge in [-0.3, -0.25) is 0 Å². The second kappa shape index (κ2) is 5.03. The molecule has 2 N–H and O–H groups in total. The van der Waals surface area contributed by atoms with Gasteiger partial charge in [0.15, 0.2) is 5.82 Å². The molecule has 20 heavy (non-hydrogen) atoms. The fourth-order valence-corrected chi connectivity index (χ4v) is 1.78. The Bertz CT molecular complexity index is 620. The van der Waals surface area contributed by atoms with E-state index in [0.717, 1.165) is 18.2 Å². The van der Waals surface area contributed by atoms with Crippen molar-refractivity contribution >= 4 is 5.69 Å². The molecule has 0 heterocycles. The van der Waals surface area contributed by atoms with Gasteiger partial charge in [0.25, 0.3) is 0 Å². The van der Waals surface area contributed by atoms with Crippen molar-refractivity contribution in [3.8, 4) is 16.9 Å². The molecule has 0 bridgehead atoms. The Balaban J connectivity index is 2.44. The zero-order chi connectivity index (χ0) is 14.9. The maximum Gasteiger partial charge on any atom is 0.416 e. The molecular weight excluding hydrogens is 274 g/mol. The van der Waals surface area contributed by atoms with E-state index in [4.69, 9.17) is 10.5 Å². The summed E-state index contributed by atoms with van der Waals surface area (Å²) in [5.74, 6) is -0.542. The molecule has 0 aliphatic carbocycles. The molecule has 0 fully saturated rings. The molecular formula is C14H11F4NO. The minimum Gasteiger partial charge on any atom is -0.494 e. The van der Waals surface area contributed by atoms with E-state index < -0.39 is 17.6 Å². The van der Waals surface area contributed by atoms with Crippen molar-refractivity contribution in [3.05, 3.63) is 47.8 Å². The van der Waals surface area contributed by atoms with Crippen LogP contribution in [0.1, 0.15) is 5.56 Å². The molecule has 0 radical (unpaired) electrons. The van der Waals surface area contributed by atoms with Crippen LogP contribution in [0.4, 0.5) is 23.2 Å². The summed E-state index contributed by atoms with van der Waals surface area (Å²) in [4.78, 5) is 0. The lowest BCUT2D eigenvalue weighted by Crippen LogP contribution is -2.04. The lowest BCUT2D eigenvalue weighted by Gasteiger charge is -2.10. The number of anilines is 1. The Kier molecular flexibility index (Phi) is 3.57. The first-order valence-electron chi connectivity index (χ1n) is 5.63. The van der Waals surface area contributed by atoms with E-state index in [9.17, 15) is 17.6 Å². The number of hydrogen-bond acceptors (Lipinski definition) is 2. The highest BCUT2D eigenvalue weighted by Crippen LogP contribution is 2.34. The number of methoxy groups -OCH3 is 1. The number of benzene rings is 2. The van der Waals surface area contributed by atoms with Gasteiger partial charge in [-0.1, -0.05) is 12.1 Å². The van der Waals surface area contributed by atoms with Crippen molar-refractivity contribution in [1.29, 1.82) is 0 Å². The van der Waals surface area contributed by atoms with Crippen LogP contribution in [0.3, 0.4) is 0 Å². The molecule has 6 heteroatoms. The SMILES string of the molecule is COc1cc(-c2ccc(C(F)(F)F)cc2)cc(F)c1N. The minimum absolute atomic E-state index is 0.136. The van der Waals surface area contributed by atoms with Crippen LogP contribution >= 0.6 is 0 Å². The predicted octanol–water partition coefficient (Wildman–Crippen LogP) is 4.10. The maximum absolute atomic E-state index is 13.6. The van der Waals surface area contributed by atoms with Gasteiger partial charge in [-0.05, 0) is 35.4 Å². The third-order valence-electron chi connectivity index (χ3n) is 2.86. The van der Waals surface area contributed by atoms with Crippen LogP contribution < -0.4 is 10.5 Å². The van der Waals surface area contributed by atoms with Gasteiger partial charge in [-0.25, -0.2) is 4.39 Å². The van der Waals surface area contributed by atoms with E-state index >= 15 is 0 Å². The smallest absolute Gasteiger partial charge is 0.416 e. The molecule has 2 nitrogen and oxygen atoms in total. The van der Waals surface area contributed by atoms with Crippen molar-refractivity contribution in [1.82, 2.24) is 0 Å². The van der Waals surface area contributed by atoms with Crippen molar-refractivity contribution in [2.75, 3.05) is 12.8 Å². The van der Waals surface area contributed by atoms with E-state index in [1.165, 1.54) is 25.3 Å². The second-order valence-corrected chi connectivity index (χ2v) is 4.15. The molecule has 0 atom stereocenters. The number of nitrogen functional groups attached to an aromatic ring is 1. The van der Waals surface area contributed by atoms with Gasteiger partial charge < -0.3 is 10.5 Å². The first-order valence-corrected chi connectivity index (χ1v) is 5.63. The molecule has 0 saturated carbocycles. The Morgan fingerprint density at radius 1 is 1.00 bits per heavy atom. The molecule has 0 aromatic heterocycles. The van der Waals surface area contributed by atoms with Gasteiger partial charge >= 0.3 is 6.18 Å². The third-order valence-corrected chi connectivity index (χ3v) is 2.86. The monoisotopic (exact) mass is 285 g/mol. The van der Waals surface area contributed by atoms with Gasteiger partial charge in [-0.15, -0.1) is 0 Å². The van der Waals surface area contributed by atoms with Crippen LogP contribution in [0.15, 0.2) is 36.4 Å². The highest BCUT2D eigenvalue weighted by molar-refractivity contribution is 5.70. The summed E-state index contributed by atoms with van der Waals surface area (Å²) < 4.78 is 55.9. The zero-order valence-corrected chi connectivity index (χ0v) is 10.5. The lowest BCUT2D eigenvalue weighted by atomic mass is 10.0. The fourth-order valence-electron chi connectivity index (χ4n) is 1.78. The summed E-state index contributed by atoms with van der Waals surface area (Å²) in [6.45, 7) is 0. The second-order valence-electron chi connectivity index (χ2n) is 4.15. The van der Waals surface area contributed by atoms with Crippen molar-refractivity contribution in [3.63, 3.8) is 0 Å². The van der Waals surface area contributed by atoms with Crippen LogP contribution in [-0.2, 0) is 6.18 Å². The number of ether oxygens (including phenoxy) is 1. The molecule has 2 aromatic carbocycles. The Labute approximate surface area is 112 Å². The first-order chi connectivity index (χ1) is 9.32. The average molecular weight is 285 g/mol. The number of rotatable bonds is 2. The summed E-state index contributed by atoms with van der Waals surface area (Å²) in [5, 5.41) is 0. The summed E-state index contributed by atoms with van der Waals surface area (Å²) >= 11 is 0. The highest BCUT2D eigenvalue weighted by atomic mass is 19.4. The van der Waals surface area contributed by atoms with E-state index in [1.54, 1.807) is 0 Å². The van der Waals surface area contributed by atoms with Gasteiger partial charge in [0.2, 0.25) is 0 Å². The van der Waals surface area contributed by atoms with E-state index in [-0.39, 0.29) is 11.4 Å². The van der Waals surface area contributed by atoms with Crippen LogP contribution in [-0.4, -0.2) is 7.11 Å². The average Bonchev–Trinajstić information content (AvgIpc) is 2.41. The largest absolute Gasteiger partial charge is 0.494 e. The maximum atomic E-state index is 13.6. The van der Waals surface area contributed by atoms with Gasteiger partial charge in [-0.2, -0.15) is 13.2 Å². The molecule has 2 rings (SSSR count). The molecule has 0 aliphatic heterocycles. The Hall–Kier alpha value is -2.24. The molecule has 0 unspecified atom stereocenters. The van der Waals surface area contributed by atoms with Gasteiger partial charge in [0.05, 0.1) is 12.7 Å². The molecule has 106 valence electrons.